The number of carbonyl (C=O) groups is 2. The lowest BCUT2D eigenvalue weighted by atomic mass is 10.2. The number of anilines is 2. The quantitative estimate of drug-likeness (QED) is 0.354. The maximum Gasteiger partial charge on any atom is 0.321 e. The average molecular weight is 482 g/mol. The molecule has 7 heteroatoms. The van der Waals surface area contributed by atoms with Gasteiger partial charge in [0.05, 0.1) is 11.0 Å². The van der Waals surface area contributed by atoms with Crippen LogP contribution in [0.25, 0.3) is 16.7 Å². The molecule has 2 heterocycles. The number of aromatic nitrogens is 2. The summed E-state index contributed by atoms with van der Waals surface area (Å²) in [4.78, 5) is 31.9. The summed E-state index contributed by atoms with van der Waals surface area (Å²) in [7, 11) is 0. The molecule has 0 saturated carbocycles. The lowest BCUT2D eigenvalue weighted by Gasteiger charge is -2.20. The van der Waals surface area contributed by atoms with E-state index in [0.717, 1.165) is 54.2 Å². The van der Waals surface area contributed by atoms with Crippen LogP contribution in [0.3, 0.4) is 0 Å². The van der Waals surface area contributed by atoms with E-state index in [4.69, 9.17) is 4.98 Å². The topological polar surface area (TPSA) is 79.3 Å². The number of aryl methyl sites for hydroxylation is 1. The zero-order chi connectivity index (χ0) is 24.7. The van der Waals surface area contributed by atoms with Gasteiger partial charge in [-0.2, -0.15) is 0 Å². The molecule has 3 aromatic carbocycles. The summed E-state index contributed by atoms with van der Waals surface area (Å²) < 4.78 is 2.12. The fourth-order valence-corrected chi connectivity index (χ4v) is 4.67. The number of imidazole rings is 1. The van der Waals surface area contributed by atoms with E-state index >= 15 is 0 Å². The Kier molecular flexibility index (Phi) is 7.26. The fourth-order valence-electron chi connectivity index (χ4n) is 4.67. The largest absolute Gasteiger partial charge is 0.326 e. The molecule has 1 fully saturated rings. The molecule has 4 aromatic rings. The molecule has 7 nitrogen and oxygen atoms in total. The van der Waals surface area contributed by atoms with Gasteiger partial charge in [0.25, 0.3) is 0 Å². The van der Waals surface area contributed by atoms with Crippen LogP contribution in [0.1, 0.15) is 37.9 Å². The van der Waals surface area contributed by atoms with Crippen LogP contribution in [0.5, 0.6) is 0 Å². The number of hydrogen-bond donors (Lipinski definition) is 2. The van der Waals surface area contributed by atoms with Crippen LogP contribution >= 0.6 is 0 Å². The van der Waals surface area contributed by atoms with Crippen LogP contribution < -0.4 is 10.6 Å². The number of carbonyl (C=O) groups excluding carboxylic acids is 2. The second-order valence-electron chi connectivity index (χ2n) is 9.14. The summed E-state index contributed by atoms with van der Waals surface area (Å²) in [6.45, 7) is 1.61. The van der Waals surface area contributed by atoms with Crippen molar-refractivity contribution in [1.82, 2.24) is 14.5 Å². The molecule has 1 saturated heterocycles. The summed E-state index contributed by atoms with van der Waals surface area (Å²) in [6.07, 6.45) is 5.30. The summed E-state index contributed by atoms with van der Waals surface area (Å²) in [6, 6.07) is 25.3. The van der Waals surface area contributed by atoms with Crippen molar-refractivity contribution in [2.75, 3.05) is 23.7 Å². The van der Waals surface area contributed by atoms with Crippen molar-refractivity contribution >= 4 is 34.3 Å². The lowest BCUT2D eigenvalue weighted by Crippen LogP contribution is -2.35. The molecule has 0 bridgehead atoms. The van der Waals surface area contributed by atoms with Crippen LogP contribution in [0.4, 0.5) is 16.2 Å². The van der Waals surface area contributed by atoms with Crippen molar-refractivity contribution < 1.29 is 9.59 Å². The summed E-state index contributed by atoms with van der Waals surface area (Å²) >= 11 is 0. The fraction of sp³-hybridized carbons (Fsp3) is 0.276. The van der Waals surface area contributed by atoms with Crippen LogP contribution in [-0.2, 0) is 11.2 Å². The summed E-state index contributed by atoms with van der Waals surface area (Å²) in [5, 5.41) is 5.92. The molecule has 0 unspecified atom stereocenters. The van der Waals surface area contributed by atoms with E-state index in [-0.39, 0.29) is 11.9 Å². The predicted molar refractivity (Wildman–Crippen MR) is 144 cm³/mol. The third kappa shape index (κ3) is 5.57. The number of nitrogens with one attached hydrogen (secondary N) is 2. The van der Waals surface area contributed by atoms with Crippen molar-refractivity contribution in [2.24, 2.45) is 0 Å². The molecule has 1 aliphatic rings. The zero-order valence-corrected chi connectivity index (χ0v) is 20.3. The van der Waals surface area contributed by atoms with E-state index in [2.05, 4.69) is 15.2 Å². The van der Waals surface area contributed by atoms with Gasteiger partial charge in [0.1, 0.15) is 5.82 Å². The highest BCUT2D eigenvalue weighted by atomic mass is 16.2. The van der Waals surface area contributed by atoms with Gasteiger partial charge in [-0.25, -0.2) is 9.78 Å². The van der Waals surface area contributed by atoms with Crippen molar-refractivity contribution in [3.05, 3.63) is 84.7 Å². The number of benzene rings is 3. The molecule has 2 N–H and O–H groups in total. The van der Waals surface area contributed by atoms with Crippen molar-refractivity contribution in [3.63, 3.8) is 0 Å². The maximum absolute atomic E-state index is 12.7. The zero-order valence-electron chi connectivity index (χ0n) is 20.3. The molecule has 0 spiro atoms. The molecule has 184 valence electrons. The van der Waals surface area contributed by atoms with E-state index < -0.39 is 0 Å². The molecule has 0 atom stereocenters. The number of hydrogen-bond acceptors (Lipinski definition) is 3. The second kappa shape index (κ2) is 11.1. The lowest BCUT2D eigenvalue weighted by molar-refractivity contribution is -0.116. The molecule has 0 radical (unpaired) electrons. The van der Waals surface area contributed by atoms with E-state index in [1.807, 2.05) is 83.8 Å². The molecule has 3 amide bonds. The molecule has 1 aliphatic heterocycles. The third-order valence-corrected chi connectivity index (χ3v) is 6.53. The van der Waals surface area contributed by atoms with Gasteiger partial charge in [-0.05, 0) is 61.4 Å². The molecule has 5 rings (SSSR count). The molecule has 0 aliphatic carbocycles. The maximum atomic E-state index is 12.7. The highest BCUT2D eigenvalue weighted by Crippen LogP contribution is 2.23. The Hall–Kier alpha value is -4.13. The number of fused-ring (bicyclic) bond motifs is 1. The van der Waals surface area contributed by atoms with Crippen LogP contribution in [0.2, 0.25) is 0 Å². The minimum atomic E-state index is -0.0805. The molecular formula is C29H31N5O2. The molecule has 36 heavy (non-hydrogen) atoms. The van der Waals surface area contributed by atoms with Crippen molar-refractivity contribution in [2.45, 2.75) is 38.5 Å². The normalized spacial score (nSPS) is 13.8. The minimum Gasteiger partial charge on any atom is -0.326 e. The minimum absolute atomic E-state index is 0.0602. The first-order valence-electron chi connectivity index (χ1n) is 12.6. The monoisotopic (exact) mass is 481 g/mol. The van der Waals surface area contributed by atoms with Crippen LogP contribution in [-0.4, -0.2) is 39.5 Å². The Balaban J connectivity index is 1.20. The molecular weight excluding hydrogens is 450 g/mol. The number of urea groups is 1. The number of likely N-dealkylation sites (tertiary alicyclic amines) is 1. The average Bonchev–Trinajstić information content (AvgIpc) is 3.06. The van der Waals surface area contributed by atoms with Gasteiger partial charge < -0.3 is 15.5 Å². The number of amides is 3. The van der Waals surface area contributed by atoms with Gasteiger partial charge in [0, 0.05) is 43.0 Å². The summed E-state index contributed by atoms with van der Waals surface area (Å²) in [5.74, 6) is 0.771. The van der Waals surface area contributed by atoms with Crippen molar-refractivity contribution in [3.8, 4) is 5.69 Å². The number of para-hydroxylation sites is 3. The van der Waals surface area contributed by atoms with Gasteiger partial charge in [-0.3, -0.25) is 9.36 Å². The van der Waals surface area contributed by atoms with E-state index in [1.54, 1.807) is 0 Å². The SMILES string of the molecule is O=C(CCc1nc2ccccc2n1-c1ccccc1)Nc1ccc(NC(=O)N2CCCCCC2)cc1. The highest BCUT2D eigenvalue weighted by Gasteiger charge is 2.16. The number of rotatable bonds is 6. The number of nitrogens with zero attached hydrogens (tertiary/aromatic N) is 3. The van der Waals surface area contributed by atoms with E-state index in [9.17, 15) is 9.59 Å². The Bertz CT molecular complexity index is 1320. The van der Waals surface area contributed by atoms with E-state index in [1.165, 1.54) is 12.8 Å². The Morgan fingerprint density at radius 1 is 0.750 bits per heavy atom. The third-order valence-electron chi connectivity index (χ3n) is 6.53. The van der Waals surface area contributed by atoms with Gasteiger partial charge in [-0.15, -0.1) is 0 Å². The van der Waals surface area contributed by atoms with Crippen LogP contribution in [0.15, 0.2) is 78.9 Å². The van der Waals surface area contributed by atoms with Gasteiger partial charge in [0.15, 0.2) is 0 Å². The molecule has 1 aromatic heterocycles. The Morgan fingerprint density at radius 2 is 1.39 bits per heavy atom. The van der Waals surface area contributed by atoms with E-state index in [0.29, 0.717) is 18.5 Å². The van der Waals surface area contributed by atoms with Crippen LogP contribution in [0, 0.1) is 0 Å². The highest BCUT2D eigenvalue weighted by molar-refractivity contribution is 5.92. The van der Waals surface area contributed by atoms with Gasteiger partial charge in [0.2, 0.25) is 5.91 Å². The Morgan fingerprint density at radius 3 is 2.11 bits per heavy atom. The Labute approximate surface area is 211 Å². The van der Waals surface area contributed by atoms with Gasteiger partial charge >= 0.3 is 6.03 Å². The smallest absolute Gasteiger partial charge is 0.321 e. The second-order valence-corrected chi connectivity index (χ2v) is 9.14. The predicted octanol–water partition coefficient (Wildman–Crippen LogP) is 6.00. The van der Waals surface area contributed by atoms with Crippen molar-refractivity contribution in [1.29, 1.82) is 0 Å². The first-order valence-corrected chi connectivity index (χ1v) is 12.6. The standard InChI is InChI=1S/C29H31N5O2/c35-28(30-22-14-16-23(17-15-22)31-29(36)33-20-8-1-2-9-21-33)19-18-27-32-25-12-6-7-13-26(25)34(27)24-10-4-3-5-11-24/h3-7,10-17H,1-2,8-9,18-21H2,(H,30,35)(H,31,36). The first kappa shape index (κ1) is 23.6. The first-order chi connectivity index (χ1) is 17.7. The van der Waals surface area contributed by atoms with Gasteiger partial charge in [-0.1, -0.05) is 43.2 Å². The summed E-state index contributed by atoms with van der Waals surface area (Å²) in [5.41, 5.74) is 4.38.